The van der Waals surface area contributed by atoms with Crippen molar-refractivity contribution < 1.29 is 14.2 Å². The summed E-state index contributed by atoms with van der Waals surface area (Å²) in [6.45, 7) is 5.02. The Balaban J connectivity index is 2.70. The van der Waals surface area contributed by atoms with E-state index in [-0.39, 0.29) is 12.0 Å². The molecule has 0 fully saturated rings. The van der Waals surface area contributed by atoms with Crippen molar-refractivity contribution in [3.05, 3.63) is 23.8 Å². The summed E-state index contributed by atoms with van der Waals surface area (Å²) in [5, 5.41) is 0. The van der Waals surface area contributed by atoms with E-state index >= 15 is 0 Å². The Bertz CT molecular complexity index is 446. The number of halogens is 1. The molecule has 0 aliphatic heterocycles. The lowest BCUT2D eigenvalue weighted by Crippen LogP contribution is -2.11. The fourth-order valence-electron chi connectivity index (χ4n) is 1.42. The first-order chi connectivity index (χ1) is 9.17. The highest BCUT2D eigenvalue weighted by Crippen LogP contribution is 2.23. The van der Waals surface area contributed by atoms with Crippen LogP contribution in [0.1, 0.15) is 19.4 Å². The number of rotatable bonds is 6. The van der Waals surface area contributed by atoms with Crippen molar-refractivity contribution in [3.8, 4) is 23.3 Å². The van der Waals surface area contributed by atoms with Crippen molar-refractivity contribution >= 4 is 11.6 Å². The third-order valence-electron chi connectivity index (χ3n) is 2.27. The lowest BCUT2D eigenvalue weighted by atomic mass is 10.2. The minimum absolute atomic E-state index is 0.204. The van der Waals surface area contributed by atoms with Crippen molar-refractivity contribution in [2.45, 2.75) is 20.0 Å². The highest BCUT2D eigenvalue weighted by molar-refractivity contribution is 6.19. The first-order valence-electron chi connectivity index (χ1n) is 6.14. The minimum Gasteiger partial charge on any atom is -0.497 e. The van der Waals surface area contributed by atoms with Gasteiger partial charge in [0.2, 0.25) is 0 Å². The van der Waals surface area contributed by atoms with Crippen LogP contribution in [0.4, 0.5) is 0 Å². The molecule has 19 heavy (non-hydrogen) atoms. The quantitative estimate of drug-likeness (QED) is 0.456. The Morgan fingerprint density at radius 3 is 2.68 bits per heavy atom. The Kier molecular flexibility index (Phi) is 7.17. The van der Waals surface area contributed by atoms with E-state index in [4.69, 9.17) is 25.8 Å². The van der Waals surface area contributed by atoms with E-state index in [0.29, 0.717) is 19.0 Å². The van der Waals surface area contributed by atoms with Crippen LogP contribution in [-0.4, -0.2) is 32.3 Å². The van der Waals surface area contributed by atoms with E-state index in [1.165, 1.54) is 0 Å². The molecule has 0 bridgehead atoms. The summed E-state index contributed by atoms with van der Waals surface area (Å²) in [6.07, 6.45) is 0.204. The summed E-state index contributed by atoms with van der Waals surface area (Å²) >= 11 is 5.57. The average Bonchev–Trinajstić information content (AvgIpc) is 2.41. The van der Waals surface area contributed by atoms with Crippen LogP contribution in [0.25, 0.3) is 0 Å². The Labute approximate surface area is 119 Å². The van der Waals surface area contributed by atoms with Crippen molar-refractivity contribution in [1.82, 2.24) is 0 Å². The Morgan fingerprint density at radius 2 is 2.05 bits per heavy atom. The van der Waals surface area contributed by atoms with Gasteiger partial charge < -0.3 is 14.2 Å². The molecule has 1 aromatic rings. The van der Waals surface area contributed by atoms with Crippen LogP contribution >= 0.6 is 11.6 Å². The van der Waals surface area contributed by atoms with Gasteiger partial charge in [0.15, 0.2) is 0 Å². The summed E-state index contributed by atoms with van der Waals surface area (Å²) in [5.74, 6) is 7.51. The molecule has 1 rings (SSSR count). The van der Waals surface area contributed by atoms with Gasteiger partial charge in [0.1, 0.15) is 18.1 Å². The van der Waals surface area contributed by atoms with Crippen LogP contribution in [0.15, 0.2) is 18.2 Å². The van der Waals surface area contributed by atoms with Gasteiger partial charge in [0, 0.05) is 0 Å². The Morgan fingerprint density at radius 1 is 1.26 bits per heavy atom. The van der Waals surface area contributed by atoms with Crippen LogP contribution in [-0.2, 0) is 4.74 Å². The second kappa shape index (κ2) is 8.68. The molecular formula is C15H19ClO3. The van der Waals surface area contributed by atoms with Crippen LogP contribution < -0.4 is 9.47 Å². The van der Waals surface area contributed by atoms with Gasteiger partial charge in [-0.25, -0.2) is 0 Å². The molecule has 0 aliphatic rings. The maximum Gasteiger partial charge on any atom is 0.135 e. The second-order valence-corrected chi connectivity index (χ2v) is 4.33. The van der Waals surface area contributed by atoms with Crippen LogP contribution in [0, 0.1) is 11.8 Å². The van der Waals surface area contributed by atoms with Gasteiger partial charge in [-0.2, -0.15) is 0 Å². The predicted molar refractivity (Wildman–Crippen MR) is 77.2 cm³/mol. The molecule has 0 spiro atoms. The highest BCUT2D eigenvalue weighted by Gasteiger charge is 2.04. The summed E-state index contributed by atoms with van der Waals surface area (Å²) in [4.78, 5) is 0. The molecule has 0 N–H and O–H groups in total. The van der Waals surface area contributed by atoms with Gasteiger partial charge in [0.05, 0.1) is 31.3 Å². The van der Waals surface area contributed by atoms with Crippen LogP contribution in [0.5, 0.6) is 11.5 Å². The molecule has 0 radical (unpaired) electrons. The fourth-order valence-corrected chi connectivity index (χ4v) is 1.49. The number of hydrogen-bond donors (Lipinski definition) is 0. The first-order valence-corrected chi connectivity index (χ1v) is 6.68. The molecule has 3 nitrogen and oxygen atoms in total. The summed E-state index contributed by atoms with van der Waals surface area (Å²) < 4.78 is 16.2. The SMILES string of the molecule is COc1ccc(OCCOC(C)C)c(C#CCCl)c1. The molecule has 104 valence electrons. The molecule has 0 aliphatic carbocycles. The molecule has 4 heteroatoms. The van der Waals surface area contributed by atoms with Gasteiger partial charge in [-0.15, -0.1) is 11.6 Å². The van der Waals surface area contributed by atoms with Crippen LogP contribution in [0.3, 0.4) is 0 Å². The van der Waals surface area contributed by atoms with E-state index in [2.05, 4.69) is 11.8 Å². The third kappa shape index (κ3) is 5.87. The van der Waals surface area contributed by atoms with Crippen LogP contribution in [0.2, 0.25) is 0 Å². The zero-order chi connectivity index (χ0) is 14.1. The molecule has 0 unspecified atom stereocenters. The van der Waals surface area contributed by atoms with E-state index in [1.807, 2.05) is 32.0 Å². The van der Waals surface area contributed by atoms with Gasteiger partial charge >= 0.3 is 0 Å². The second-order valence-electron chi connectivity index (χ2n) is 4.07. The maximum atomic E-state index is 5.66. The molecule has 0 saturated carbocycles. The minimum atomic E-state index is 0.204. The van der Waals surface area contributed by atoms with Crippen molar-refractivity contribution in [3.63, 3.8) is 0 Å². The number of hydrogen-bond acceptors (Lipinski definition) is 3. The van der Waals surface area contributed by atoms with E-state index < -0.39 is 0 Å². The summed E-state index contributed by atoms with van der Waals surface area (Å²) in [5.41, 5.74) is 0.768. The lowest BCUT2D eigenvalue weighted by Gasteiger charge is -2.11. The monoisotopic (exact) mass is 282 g/mol. The molecule has 0 amide bonds. The van der Waals surface area contributed by atoms with Gasteiger partial charge in [-0.3, -0.25) is 0 Å². The van der Waals surface area contributed by atoms with E-state index in [0.717, 1.165) is 11.3 Å². The number of alkyl halides is 1. The van der Waals surface area contributed by atoms with E-state index in [9.17, 15) is 0 Å². The zero-order valence-corrected chi connectivity index (χ0v) is 12.3. The number of methoxy groups -OCH3 is 1. The van der Waals surface area contributed by atoms with Gasteiger partial charge in [-0.1, -0.05) is 11.8 Å². The lowest BCUT2D eigenvalue weighted by molar-refractivity contribution is 0.0552. The Hall–Kier alpha value is -1.37. The fraction of sp³-hybridized carbons (Fsp3) is 0.467. The average molecular weight is 283 g/mol. The maximum absolute atomic E-state index is 5.66. The molecular weight excluding hydrogens is 264 g/mol. The first kappa shape index (κ1) is 15.7. The molecule has 0 atom stereocenters. The van der Waals surface area contributed by atoms with Crippen molar-refractivity contribution in [2.24, 2.45) is 0 Å². The molecule has 0 saturated heterocycles. The number of ether oxygens (including phenoxy) is 3. The summed E-state index contributed by atoms with van der Waals surface area (Å²) in [7, 11) is 1.62. The molecule has 0 heterocycles. The zero-order valence-electron chi connectivity index (χ0n) is 11.5. The topological polar surface area (TPSA) is 27.7 Å². The predicted octanol–water partition coefficient (Wildman–Crippen LogP) is 3.09. The normalized spacial score (nSPS) is 9.95. The van der Waals surface area contributed by atoms with Crippen molar-refractivity contribution in [1.29, 1.82) is 0 Å². The molecule has 0 aromatic heterocycles. The highest BCUT2D eigenvalue weighted by atomic mass is 35.5. The summed E-state index contributed by atoms with van der Waals surface area (Å²) in [6, 6.07) is 5.51. The standard InChI is InChI=1S/C15H19ClO3/c1-12(2)18-9-10-19-15-7-6-14(17-3)11-13(15)5-4-8-16/h6-7,11-12H,8-10H2,1-3H3. The third-order valence-corrected chi connectivity index (χ3v) is 2.40. The van der Waals surface area contributed by atoms with Crippen molar-refractivity contribution in [2.75, 3.05) is 26.2 Å². The molecule has 1 aromatic carbocycles. The van der Waals surface area contributed by atoms with Gasteiger partial charge in [0.25, 0.3) is 0 Å². The number of benzene rings is 1. The van der Waals surface area contributed by atoms with E-state index in [1.54, 1.807) is 7.11 Å². The largest absolute Gasteiger partial charge is 0.497 e. The smallest absolute Gasteiger partial charge is 0.135 e. The van der Waals surface area contributed by atoms with Gasteiger partial charge in [-0.05, 0) is 32.0 Å².